The number of nitrogens with two attached hydrogens (primary N) is 1. The topological polar surface area (TPSA) is 61.8 Å². The summed E-state index contributed by atoms with van der Waals surface area (Å²) in [7, 11) is 0. The van der Waals surface area contributed by atoms with Crippen LogP contribution in [0, 0.1) is 11.3 Å². The molecule has 0 aliphatic heterocycles. The fourth-order valence-corrected chi connectivity index (χ4v) is 0.861. The van der Waals surface area contributed by atoms with E-state index in [-0.39, 0.29) is 12.4 Å². The van der Waals surface area contributed by atoms with Gasteiger partial charge in [0.25, 0.3) is 0 Å². The van der Waals surface area contributed by atoms with Crippen molar-refractivity contribution in [3.05, 3.63) is 28.8 Å². The lowest BCUT2D eigenvalue weighted by atomic mass is 10.2. The molecule has 0 bridgehead atoms. The van der Waals surface area contributed by atoms with Gasteiger partial charge < -0.3 is 5.43 Å². The van der Waals surface area contributed by atoms with E-state index in [1.54, 1.807) is 18.2 Å². The standard InChI is InChI=1S/C7H6ClN3.ClH/c8-7-2-1-6(11-10)3-5(7)4-9;/h1-3,11H,10H2;1H. The molecule has 0 saturated carbocycles. The van der Waals surface area contributed by atoms with E-state index in [9.17, 15) is 0 Å². The zero-order chi connectivity index (χ0) is 8.27. The molecular weight excluding hydrogens is 197 g/mol. The Balaban J connectivity index is 0.00000121. The first-order valence-electron chi connectivity index (χ1n) is 2.94. The Kier molecular flexibility index (Phi) is 4.45. The third-order valence-electron chi connectivity index (χ3n) is 1.25. The summed E-state index contributed by atoms with van der Waals surface area (Å²) < 4.78 is 0. The van der Waals surface area contributed by atoms with Crippen LogP contribution in [0.2, 0.25) is 5.02 Å². The van der Waals surface area contributed by atoms with Gasteiger partial charge in [-0.2, -0.15) is 5.26 Å². The number of nitriles is 1. The number of halogens is 2. The number of hydrogen-bond donors (Lipinski definition) is 2. The molecule has 0 aliphatic carbocycles. The predicted octanol–water partition coefficient (Wildman–Crippen LogP) is 1.92. The SMILES string of the molecule is Cl.N#Cc1cc(NN)ccc1Cl. The molecule has 0 spiro atoms. The van der Waals surface area contributed by atoms with E-state index in [1.807, 2.05) is 6.07 Å². The summed E-state index contributed by atoms with van der Waals surface area (Å²) in [6.45, 7) is 0. The highest BCUT2D eigenvalue weighted by Gasteiger charge is 1.98. The van der Waals surface area contributed by atoms with Crippen LogP contribution >= 0.6 is 24.0 Å². The van der Waals surface area contributed by atoms with Crippen LogP contribution in [0.5, 0.6) is 0 Å². The fraction of sp³-hybridized carbons (Fsp3) is 0. The number of nitrogens with one attached hydrogen (secondary N) is 1. The summed E-state index contributed by atoms with van der Waals surface area (Å²) in [5, 5.41) is 8.97. The van der Waals surface area contributed by atoms with Crippen molar-refractivity contribution in [1.29, 1.82) is 5.26 Å². The number of nitrogens with zero attached hydrogens (tertiary/aromatic N) is 1. The fourth-order valence-electron chi connectivity index (χ4n) is 0.701. The highest BCUT2D eigenvalue weighted by molar-refractivity contribution is 6.31. The van der Waals surface area contributed by atoms with Gasteiger partial charge in [0.1, 0.15) is 6.07 Å². The van der Waals surface area contributed by atoms with Crippen LogP contribution in [0.1, 0.15) is 5.56 Å². The first-order chi connectivity index (χ1) is 5.27. The van der Waals surface area contributed by atoms with Crippen LogP contribution in [-0.2, 0) is 0 Å². The summed E-state index contributed by atoms with van der Waals surface area (Å²) in [6.07, 6.45) is 0. The molecular formula is C7H7Cl2N3. The number of anilines is 1. The molecule has 0 aromatic heterocycles. The van der Waals surface area contributed by atoms with E-state index in [2.05, 4.69) is 5.43 Å². The third-order valence-corrected chi connectivity index (χ3v) is 1.58. The number of rotatable bonds is 1. The lowest BCUT2D eigenvalue weighted by Gasteiger charge is -1.99. The Hall–Kier alpha value is -0.950. The Labute approximate surface area is 81.5 Å². The molecule has 0 heterocycles. The number of hydrazine groups is 1. The smallest absolute Gasteiger partial charge is 0.101 e. The van der Waals surface area contributed by atoms with Crippen molar-refractivity contribution in [2.45, 2.75) is 0 Å². The average Bonchev–Trinajstić information content (AvgIpc) is 2.05. The van der Waals surface area contributed by atoms with E-state index in [0.717, 1.165) is 0 Å². The molecule has 0 unspecified atom stereocenters. The Bertz CT molecular complexity index is 306. The van der Waals surface area contributed by atoms with Crippen LogP contribution in [-0.4, -0.2) is 0 Å². The van der Waals surface area contributed by atoms with Crippen LogP contribution in [0.4, 0.5) is 5.69 Å². The Morgan fingerprint density at radius 1 is 1.50 bits per heavy atom. The van der Waals surface area contributed by atoms with Gasteiger partial charge in [-0.1, -0.05) is 11.6 Å². The maximum atomic E-state index is 8.54. The van der Waals surface area contributed by atoms with Crippen molar-refractivity contribution in [3.8, 4) is 6.07 Å². The Morgan fingerprint density at radius 2 is 2.17 bits per heavy atom. The monoisotopic (exact) mass is 203 g/mol. The van der Waals surface area contributed by atoms with Gasteiger partial charge in [-0.05, 0) is 18.2 Å². The molecule has 3 N–H and O–H groups in total. The molecule has 0 amide bonds. The second-order valence-corrected chi connectivity index (χ2v) is 2.36. The quantitative estimate of drug-likeness (QED) is 0.542. The summed E-state index contributed by atoms with van der Waals surface area (Å²) in [5.74, 6) is 5.12. The molecule has 1 aromatic carbocycles. The average molecular weight is 204 g/mol. The molecule has 5 heteroatoms. The highest BCUT2D eigenvalue weighted by atomic mass is 35.5. The van der Waals surface area contributed by atoms with Gasteiger partial charge in [0.05, 0.1) is 10.6 Å². The molecule has 64 valence electrons. The summed E-state index contributed by atoms with van der Waals surface area (Å²) >= 11 is 5.66. The van der Waals surface area contributed by atoms with E-state index >= 15 is 0 Å². The minimum Gasteiger partial charge on any atom is -0.324 e. The van der Waals surface area contributed by atoms with E-state index in [0.29, 0.717) is 16.3 Å². The van der Waals surface area contributed by atoms with E-state index < -0.39 is 0 Å². The van der Waals surface area contributed by atoms with Crippen LogP contribution in [0.25, 0.3) is 0 Å². The maximum Gasteiger partial charge on any atom is 0.101 e. The second kappa shape index (κ2) is 4.83. The lowest BCUT2D eigenvalue weighted by Crippen LogP contribution is -2.06. The maximum absolute atomic E-state index is 8.54. The number of benzene rings is 1. The van der Waals surface area contributed by atoms with Gasteiger partial charge in [-0.3, -0.25) is 5.84 Å². The first kappa shape index (κ1) is 11.1. The normalized spacial score (nSPS) is 8.08. The van der Waals surface area contributed by atoms with Crippen molar-refractivity contribution in [2.75, 3.05) is 5.43 Å². The molecule has 3 nitrogen and oxygen atoms in total. The van der Waals surface area contributed by atoms with E-state index in [1.165, 1.54) is 0 Å². The second-order valence-electron chi connectivity index (χ2n) is 1.95. The van der Waals surface area contributed by atoms with Gasteiger partial charge >= 0.3 is 0 Å². The van der Waals surface area contributed by atoms with Gasteiger partial charge in [-0.25, -0.2) is 0 Å². The van der Waals surface area contributed by atoms with Crippen LogP contribution < -0.4 is 11.3 Å². The Morgan fingerprint density at radius 3 is 2.67 bits per heavy atom. The summed E-state index contributed by atoms with van der Waals surface area (Å²) in [4.78, 5) is 0. The van der Waals surface area contributed by atoms with Crippen molar-refractivity contribution in [3.63, 3.8) is 0 Å². The number of hydrogen-bond acceptors (Lipinski definition) is 3. The first-order valence-corrected chi connectivity index (χ1v) is 3.32. The third kappa shape index (κ3) is 2.28. The number of nitrogen functional groups attached to an aromatic ring is 1. The van der Waals surface area contributed by atoms with Crippen LogP contribution in [0.15, 0.2) is 18.2 Å². The van der Waals surface area contributed by atoms with Crippen LogP contribution in [0.3, 0.4) is 0 Å². The zero-order valence-corrected chi connectivity index (χ0v) is 7.62. The molecule has 12 heavy (non-hydrogen) atoms. The molecule has 1 rings (SSSR count). The molecule has 0 atom stereocenters. The van der Waals surface area contributed by atoms with Gasteiger partial charge in [-0.15, -0.1) is 12.4 Å². The largest absolute Gasteiger partial charge is 0.324 e. The zero-order valence-electron chi connectivity index (χ0n) is 6.04. The van der Waals surface area contributed by atoms with Crippen molar-refractivity contribution >= 4 is 29.7 Å². The van der Waals surface area contributed by atoms with Gasteiger partial charge in [0, 0.05) is 5.69 Å². The molecule has 1 aromatic rings. The lowest BCUT2D eigenvalue weighted by molar-refractivity contribution is 1.34. The van der Waals surface area contributed by atoms with Crippen molar-refractivity contribution in [2.24, 2.45) is 5.84 Å². The molecule has 0 aliphatic rings. The molecule has 0 saturated heterocycles. The van der Waals surface area contributed by atoms with Gasteiger partial charge in [0.15, 0.2) is 0 Å². The summed E-state index contributed by atoms with van der Waals surface area (Å²) in [5.41, 5.74) is 3.51. The minimum absolute atomic E-state index is 0. The molecule has 0 fully saturated rings. The van der Waals surface area contributed by atoms with Crippen molar-refractivity contribution < 1.29 is 0 Å². The summed E-state index contributed by atoms with van der Waals surface area (Å²) in [6, 6.07) is 6.85. The predicted molar refractivity (Wildman–Crippen MR) is 51.2 cm³/mol. The highest BCUT2D eigenvalue weighted by Crippen LogP contribution is 2.18. The minimum atomic E-state index is 0. The molecule has 0 radical (unpaired) electrons. The van der Waals surface area contributed by atoms with Crippen molar-refractivity contribution in [1.82, 2.24) is 0 Å². The van der Waals surface area contributed by atoms with Gasteiger partial charge in [0.2, 0.25) is 0 Å². The van der Waals surface area contributed by atoms with E-state index in [4.69, 9.17) is 22.7 Å².